The fraction of sp³-hybridized carbons (Fsp3) is 0.160. The molecule has 8 nitrogen and oxygen atoms in total. The lowest BCUT2D eigenvalue weighted by Crippen LogP contribution is -2.24. The summed E-state index contributed by atoms with van der Waals surface area (Å²) in [7, 11) is 0. The van der Waals surface area contributed by atoms with Crippen LogP contribution in [0.5, 0.6) is 0 Å². The third kappa shape index (κ3) is 3.67. The first-order valence-corrected chi connectivity index (χ1v) is 11.1. The Morgan fingerprint density at radius 3 is 2.80 bits per heavy atom. The molecule has 172 valence electrons. The Morgan fingerprint density at radius 1 is 1.00 bits per heavy atom. The first-order chi connectivity index (χ1) is 17.1. The zero-order valence-corrected chi connectivity index (χ0v) is 18.4. The summed E-state index contributed by atoms with van der Waals surface area (Å²) in [5, 5.41) is 18.0. The number of halogens is 2. The number of nitriles is 1. The quantitative estimate of drug-likeness (QED) is 0.387. The first kappa shape index (κ1) is 20.9. The van der Waals surface area contributed by atoms with Gasteiger partial charge in [-0.2, -0.15) is 15.5 Å². The maximum Gasteiger partial charge on any atom is 0.183 e. The first-order valence-electron chi connectivity index (χ1n) is 11.1. The van der Waals surface area contributed by atoms with E-state index in [-0.39, 0.29) is 6.04 Å². The number of pyridine rings is 1. The van der Waals surface area contributed by atoms with Crippen LogP contribution in [-0.4, -0.2) is 35.9 Å². The van der Waals surface area contributed by atoms with Crippen molar-refractivity contribution < 1.29 is 8.78 Å². The minimum Gasteiger partial charge on any atom is -0.349 e. The van der Waals surface area contributed by atoms with Gasteiger partial charge < -0.3 is 4.90 Å². The Balaban J connectivity index is 1.37. The SMILES string of the molecule is N#Cc1cncc(-c2cnn(-c3cnn4ccc(N5CCC[C@H]5c5cc(F)ccc5F)nc34)c2)c1. The highest BCUT2D eigenvalue weighted by atomic mass is 19.1. The van der Waals surface area contributed by atoms with E-state index in [0.717, 1.165) is 23.6 Å². The fourth-order valence-electron chi connectivity index (χ4n) is 4.57. The molecule has 35 heavy (non-hydrogen) atoms. The van der Waals surface area contributed by atoms with Gasteiger partial charge in [-0.1, -0.05) is 0 Å². The molecule has 1 aliphatic rings. The molecule has 0 N–H and O–H groups in total. The summed E-state index contributed by atoms with van der Waals surface area (Å²) in [6.07, 6.45) is 11.7. The van der Waals surface area contributed by atoms with Gasteiger partial charge in [0.05, 0.1) is 24.0 Å². The molecule has 1 fully saturated rings. The van der Waals surface area contributed by atoms with E-state index in [0.29, 0.717) is 41.2 Å². The molecule has 1 aliphatic heterocycles. The van der Waals surface area contributed by atoms with Gasteiger partial charge >= 0.3 is 0 Å². The van der Waals surface area contributed by atoms with E-state index in [1.54, 1.807) is 40.1 Å². The molecular weight excluding hydrogens is 450 g/mol. The van der Waals surface area contributed by atoms with Crippen LogP contribution in [0.15, 0.2) is 67.5 Å². The maximum atomic E-state index is 14.5. The minimum atomic E-state index is -0.459. The van der Waals surface area contributed by atoms with Crippen LogP contribution in [0.3, 0.4) is 0 Å². The van der Waals surface area contributed by atoms with Crippen LogP contribution in [-0.2, 0) is 0 Å². The Hall–Kier alpha value is -4.65. The molecule has 4 aromatic heterocycles. The largest absolute Gasteiger partial charge is 0.349 e. The monoisotopic (exact) mass is 468 g/mol. The van der Waals surface area contributed by atoms with Crippen molar-refractivity contribution in [3.05, 3.63) is 90.3 Å². The highest BCUT2D eigenvalue weighted by molar-refractivity contribution is 5.66. The Labute approximate surface area is 198 Å². The highest BCUT2D eigenvalue weighted by Gasteiger charge is 2.30. The zero-order valence-electron chi connectivity index (χ0n) is 18.4. The molecular formula is C25H18F2N8. The van der Waals surface area contributed by atoms with Gasteiger partial charge in [0.15, 0.2) is 5.65 Å². The van der Waals surface area contributed by atoms with E-state index in [4.69, 9.17) is 10.2 Å². The summed E-state index contributed by atoms with van der Waals surface area (Å²) in [6.45, 7) is 0.682. The molecule has 0 amide bonds. The lowest BCUT2D eigenvalue weighted by atomic mass is 10.0. The Kier molecular flexibility index (Phi) is 4.95. The van der Waals surface area contributed by atoms with Gasteiger partial charge in [-0.05, 0) is 43.2 Å². The van der Waals surface area contributed by atoms with Crippen LogP contribution >= 0.6 is 0 Å². The summed E-state index contributed by atoms with van der Waals surface area (Å²) in [5.74, 6) is -0.225. The molecule has 6 rings (SSSR count). The van der Waals surface area contributed by atoms with E-state index in [1.165, 1.54) is 18.3 Å². The third-order valence-electron chi connectivity index (χ3n) is 6.23. The van der Waals surface area contributed by atoms with Crippen molar-refractivity contribution in [3.63, 3.8) is 0 Å². The number of nitrogens with zero attached hydrogens (tertiary/aromatic N) is 8. The zero-order chi connectivity index (χ0) is 23.9. The molecule has 0 unspecified atom stereocenters. The molecule has 0 bridgehead atoms. The number of hydrogen-bond donors (Lipinski definition) is 0. The summed E-state index contributed by atoms with van der Waals surface area (Å²) in [5.41, 5.74) is 3.61. The Morgan fingerprint density at radius 2 is 1.91 bits per heavy atom. The van der Waals surface area contributed by atoms with Crippen molar-refractivity contribution in [1.82, 2.24) is 29.4 Å². The van der Waals surface area contributed by atoms with Gasteiger partial charge in [-0.3, -0.25) is 4.98 Å². The lowest BCUT2D eigenvalue weighted by molar-refractivity contribution is 0.560. The number of benzene rings is 1. The summed E-state index contributed by atoms with van der Waals surface area (Å²) in [4.78, 5) is 10.9. The van der Waals surface area contributed by atoms with Crippen molar-refractivity contribution in [3.8, 4) is 22.9 Å². The second-order valence-electron chi connectivity index (χ2n) is 8.35. The number of anilines is 1. The van der Waals surface area contributed by atoms with Gasteiger partial charge in [-0.15, -0.1) is 0 Å². The molecule has 0 radical (unpaired) electrons. The maximum absolute atomic E-state index is 14.5. The van der Waals surface area contributed by atoms with Gasteiger partial charge in [0.2, 0.25) is 0 Å². The minimum absolute atomic E-state index is 0.303. The van der Waals surface area contributed by atoms with Crippen LogP contribution in [0.2, 0.25) is 0 Å². The summed E-state index contributed by atoms with van der Waals surface area (Å²) < 4.78 is 31.7. The average Bonchev–Trinajstić information content (AvgIpc) is 3.64. The number of fused-ring (bicyclic) bond motifs is 1. The standard InChI is InChI=1S/C25H18F2N8/c26-19-3-4-21(27)20(9-19)22-2-1-6-33(22)24-5-7-34-25(32-24)23(14-31-34)35-15-18(13-30-35)17-8-16(10-28)11-29-12-17/h3-5,7-9,11-15,22H,1-2,6H2/t22-/m0/s1. The normalized spacial score (nSPS) is 15.6. The van der Waals surface area contributed by atoms with Crippen molar-refractivity contribution in [2.75, 3.05) is 11.4 Å². The smallest absolute Gasteiger partial charge is 0.183 e. The van der Waals surface area contributed by atoms with Crippen LogP contribution in [0.1, 0.15) is 30.0 Å². The fourth-order valence-corrected chi connectivity index (χ4v) is 4.57. The van der Waals surface area contributed by atoms with Crippen LogP contribution < -0.4 is 4.90 Å². The van der Waals surface area contributed by atoms with E-state index < -0.39 is 11.6 Å². The summed E-state index contributed by atoms with van der Waals surface area (Å²) >= 11 is 0. The number of hydrogen-bond acceptors (Lipinski definition) is 6. The predicted molar refractivity (Wildman–Crippen MR) is 124 cm³/mol. The van der Waals surface area contributed by atoms with E-state index in [2.05, 4.69) is 21.3 Å². The molecule has 1 aromatic carbocycles. The van der Waals surface area contributed by atoms with E-state index in [9.17, 15) is 8.78 Å². The van der Waals surface area contributed by atoms with Crippen molar-refractivity contribution >= 4 is 11.5 Å². The van der Waals surface area contributed by atoms with Gasteiger partial charge in [0, 0.05) is 48.0 Å². The molecule has 0 aliphatic carbocycles. The van der Waals surface area contributed by atoms with E-state index >= 15 is 0 Å². The topological polar surface area (TPSA) is 87.9 Å². The average molecular weight is 468 g/mol. The molecule has 5 heterocycles. The highest BCUT2D eigenvalue weighted by Crippen LogP contribution is 2.37. The van der Waals surface area contributed by atoms with Gasteiger partial charge in [-0.25, -0.2) is 23.0 Å². The molecule has 1 saturated heterocycles. The Bertz CT molecular complexity index is 1600. The molecule has 1 atom stereocenters. The number of aromatic nitrogens is 6. The van der Waals surface area contributed by atoms with Gasteiger partial charge in [0.25, 0.3) is 0 Å². The molecule has 10 heteroatoms. The van der Waals surface area contributed by atoms with Crippen LogP contribution in [0.25, 0.3) is 22.5 Å². The second-order valence-corrected chi connectivity index (χ2v) is 8.35. The molecule has 0 saturated carbocycles. The predicted octanol–water partition coefficient (Wildman–Crippen LogP) is 4.47. The van der Waals surface area contributed by atoms with Crippen LogP contribution in [0.4, 0.5) is 14.6 Å². The van der Waals surface area contributed by atoms with Gasteiger partial charge in [0.1, 0.15) is 29.2 Å². The van der Waals surface area contributed by atoms with Crippen molar-refractivity contribution in [2.24, 2.45) is 0 Å². The van der Waals surface area contributed by atoms with E-state index in [1.807, 2.05) is 17.2 Å². The summed E-state index contributed by atoms with van der Waals surface area (Å²) in [6, 6.07) is 8.93. The van der Waals surface area contributed by atoms with Crippen molar-refractivity contribution in [1.29, 1.82) is 5.26 Å². The molecule has 5 aromatic rings. The van der Waals surface area contributed by atoms with Crippen LogP contribution in [0, 0.1) is 23.0 Å². The van der Waals surface area contributed by atoms with Crippen molar-refractivity contribution in [2.45, 2.75) is 18.9 Å². The second kappa shape index (κ2) is 8.29. The number of rotatable bonds is 4. The third-order valence-corrected chi connectivity index (χ3v) is 6.23. The lowest BCUT2D eigenvalue weighted by Gasteiger charge is -2.26. The molecule has 0 spiro atoms.